The Morgan fingerprint density at radius 3 is 2.72 bits per heavy atom. The minimum absolute atomic E-state index is 0.154. The van der Waals surface area contributed by atoms with Crippen molar-refractivity contribution in [2.45, 2.75) is 25.7 Å². The van der Waals surface area contributed by atoms with E-state index in [1.165, 1.54) is 16.2 Å². The number of likely N-dealkylation sites (N-methyl/N-ethyl adjacent to an activating group) is 1. The smallest absolute Gasteiger partial charge is 0.251 e. The van der Waals surface area contributed by atoms with Crippen LogP contribution in [0.1, 0.15) is 33.6 Å². The van der Waals surface area contributed by atoms with Crippen LogP contribution < -0.4 is 16.4 Å². The molecule has 1 heterocycles. The molecule has 98 valence electrons. The molecular formula is C12H17N3O2S. The highest BCUT2D eigenvalue weighted by molar-refractivity contribution is 7.17. The maximum absolute atomic E-state index is 11.6. The predicted octanol–water partition coefficient (Wildman–Crippen LogP) is 0.884. The van der Waals surface area contributed by atoms with Crippen molar-refractivity contribution in [1.29, 1.82) is 0 Å². The highest BCUT2D eigenvalue weighted by Gasteiger charge is 2.24. The summed E-state index contributed by atoms with van der Waals surface area (Å²) in [5.41, 5.74) is 6.99. The molecular weight excluding hydrogens is 250 g/mol. The first-order valence-corrected chi connectivity index (χ1v) is 6.84. The topological polar surface area (TPSA) is 84.2 Å². The van der Waals surface area contributed by atoms with Crippen molar-refractivity contribution in [3.8, 4) is 0 Å². The molecule has 0 aliphatic heterocycles. The minimum atomic E-state index is -0.450. The quantitative estimate of drug-likeness (QED) is 0.757. The minimum Gasteiger partial charge on any atom is -0.365 e. The van der Waals surface area contributed by atoms with Crippen LogP contribution in [0.4, 0.5) is 5.00 Å². The Kier molecular flexibility index (Phi) is 3.98. The highest BCUT2D eigenvalue weighted by Crippen LogP contribution is 2.37. The van der Waals surface area contributed by atoms with Crippen molar-refractivity contribution in [1.82, 2.24) is 5.32 Å². The number of thiophene rings is 1. The Morgan fingerprint density at radius 1 is 1.33 bits per heavy atom. The average molecular weight is 267 g/mol. The summed E-state index contributed by atoms with van der Waals surface area (Å²) in [6.45, 7) is 0.223. The van der Waals surface area contributed by atoms with Gasteiger partial charge in [-0.15, -0.1) is 11.3 Å². The van der Waals surface area contributed by atoms with Crippen molar-refractivity contribution >= 4 is 28.2 Å². The lowest BCUT2D eigenvalue weighted by molar-refractivity contribution is -0.115. The fourth-order valence-electron chi connectivity index (χ4n) is 2.25. The van der Waals surface area contributed by atoms with Crippen molar-refractivity contribution in [2.24, 2.45) is 5.73 Å². The summed E-state index contributed by atoms with van der Waals surface area (Å²) in [5, 5.41) is 6.15. The normalized spacial score (nSPS) is 14.1. The highest BCUT2D eigenvalue weighted by atomic mass is 32.1. The van der Waals surface area contributed by atoms with Crippen LogP contribution in [0.2, 0.25) is 0 Å². The second-order valence-electron chi connectivity index (χ2n) is 4.36. The Bertz CT molecular complexity index is 482. The van der Waals surface area contributed by atoms with Crippen LogP contribution in [-0.4, -0.2) is 25.4 Å². The van der Waals surface area contributed by atoms with Crippen LogP contribution in [-0.2, 0) is 17.6 Å². The van der Waals surface area contributed by atoms with E-state index in [1.54, 1.807) is 7.05 Å². The van der Waals surface area contributed by atoms with Crippen LogP contribution in [0, 0.1) is 0 Å². The van der Waals surface area contributed by atoms with Gasteiger partial charge in [0.05, 0.1) is 12.1 Å². The number of nitrogens with two attached hydrogens (primary N) is 1. The van der Waals surface area contributed by atoms with E-state index in [4.69, 9.17) is 5.73 Å². The van der Waals surface area contributed by atoms with E-state index in [1.807, 2.05) is 0 Å². The van der Waals surface area contributed by atoms with E-state index in [2.05, 4.69) is 10.6 Å². The first-order valence-electron chi connectivity index (χ1n) is 6.02. The van der Waals surface area contributed by atoms with Crippen molar-refractivity contribution < 1.29 is 9.59 Å². The third-order valence-corrected chi connectivity index (χ3v) is 4.22. The lowest BCUT2D eigenvalue weighted by Crippen LogP contribution is -2.26. The Labute approximate surface area is 110 Å². The number of hydrogen-bond donors (Lipinski definition) is 3. The molecule has 0 bridgehead atoms. The summed E-state index contributed by atoms with van der Waals surface area (Å²) in [4.78, 5) is 24.3. The molecule has 5 nitrogen and oxygen atoms in total. The largest absolute Gasteiger partial charge is 0.365 e. The van der Waals surface area contributed by atoms with Gasteiger partial charge in [0, 0.05) is 4.88 Å². The van der Waals surface area contributed by atoms with E-state index in [-0.39, 0.29) is 12.5 Å². The molecule has 18 heavy (non-hydrogen) atoms. The van der Waals surface area contributed by atoms with Crippen LogP contribution >= 0.6 is 11.3 Å². The number of rotatable bonds is 4. The molecule has 0 unspecified atom stereocenters. The molecule has 1 aromatic heterocycles. The molecule has 0 saturated heterocycles. The Hall–Kier alpha value is -1.40. The second-order valence-corrected chi connectivity index (χ2v) is 5.46. The molecule has 1 aliphatic rings. The van der Waals surface area contributed by atoms with E-state index in [0.29, 0.717) is 10.6 Å². The molecule has 0 fully saturated rings. The number of anilines is 1. The summed E-state index contributed by atoms with van der Waals surface area (Å²) in [7, 11) is 1.70. The van der Waals surface area contributed by atoms with Crippen molar-refractivity contribution in [3.05, 3.63) is 16.0 Å². The van der Waals surface area contributed by atoms with Crippen LogP contribution in [0.5, 0.6) is 0 Å². The van der Waals surface area contributed by atoms with Gasteiger partial charge in [0.1, 0.15) is 5.00 Å². The number of hydrogen-bond acceptors (Lipinski definition) is 4. The van der Waals surface area contributed by atoms with Crippen LogP contribution in [0.15, 0.2) is 0 Å². The molecule has 0 saturated carbocycles. The third kappa shape index (κ3) is 2.54. The molecule has 0 radical (unpaired) electrons. The number of carbonyl (C=O) groups is 2. The molecule has 4 N–H and O–H groups in total. The standard InChI is InChI=1S/C12H17N3O2S/c1-14-6-9(16)15-12-10(11(13)17)7-4-2-3-5-8(7)18-12/h14H,2-6H2,1H3,(H2,13,17)(H,15,16). The van der Waals surface area contributed by atoms with Gasteiger partial charge < -0.3 is 16.4 Å². The van der Waals surface area contributed by atoms with E-state index in [0.717, 1.165) is 31.2 Å². The zero-order chi connectivity index (χ0) is 13.1. The predicted molar refractivity (Wildman–Crippen MR) is 72.0 cm³/mol. The number of nitrogens with one attached hydrogen (secondary N) is 2. The number of primary amides is 1. The molecule has 1 aliphatic carbocycles. The molecule has 1 aromatic rings. The monoisotopic (exact) mass is 267 g/mol. The summed E-state index contributed by atoms with van der Waals surface area (Å²) < 4.78 is 0. The van der Waals surface area contributed by atoms with Gasteiger partial charge in [-0.3, -0.25) is 9.59 Å². The maximum Gasteiger partial charge on any atom is 0.251 e. The summed E-state index contributed by atoms with van der Waals surface area (Å²) >= 11 is 1.48. The van der Waals surface area contributed by atoms with E-state index in [9.17, 15) is 9.59 Å². The zero-order valence-electron chi connectivity index (χ0n) is 10.3. The summed E-state index contributed by atoms with van der Waals surface area (Å²) in [6.07, 6.45) is 4.07. The van der Waals surface area contributed by atoms with Crippen molar-refractivity contribution in [2.75, 3.05) is 18.9 Å². The van der Waals surface area contributed by atoms with Crippen LogP contribution in [0.25, 0.3) is 0 Å². The fourth-order valence-corrected chi connectivity index (χ4v) is 3.56. The summed E-state index contributed by atoms with van der Waals surface area (Å²) in [5.74, 6) is -0.604. The lowest BCUT2D eigenvalue weighted by atomic mass is 9.95. The van der Waals surface area contributed by atoms with Gasteiger partial charge in [-0.25, -0.2) is 0 Å². The molecule has 6 heteroatoms. The third-order valence-electron chi connectivity index (χ3n) is 3.01. The molecule has 0 atom stereocenters. The lowest BCUT2D eigenvalue weighted by Gasteiger charge is -2.11. The molecule has 0 spiro atoms. The van der Waals surface area contributed by atoms with Gasteiger partial charge in [0.2, 0.25) is 5.91 Å². The van der Waals surface area contributed by atoms with Gasteiger partial charge in [0.25, 0.3) is 5.91 Å². The van der Waals surface area contributed by atoms with Gasteiger partial charge in [-0.2, -0.15) is 0 Å². The SMILES string of the molecule is CNCC(=O)Nc1sc2c(c1C(N)=O)CCCC2. The molecule has 2 amide bonds. The average Bonchev–Trinajstić information content (AvgIpc) is 2.66. The van der Waals surface area contributed by atoms with E-state index >= 15 is 0 Å². The maximum atomic E-state index is 11.6. The molecule has 0 aromatic carbocycles. The first-order chi connectivity index (χ1) is 8.63. The first kappa shape index (κ1) is 13.0. The number of fused-ring (bicyclic) bond motifs is 1. The van der Waals surface area contributed by atoms with Gasteiger partial charge >= 0.3 is 0 Å². The fraction of sp³-hybridized carbons (Fsp3) is 0.500. The zero-order valence-corrected chi connectivity index (χ0v) is 11.2. The number of aryl methyl sites for hydroxylation is 1. The molecule has 2 rings (SSSR count). The Morgan fingerprint density at radius 2 is 2.06 bits per heavy atom. The number of amides is 2. The van der Waals surface area contributed by atoms with Gasteiger partial charge in [-0.1, -0.05) is 0 Å². The second kappa shape index (κ2) is 5.49. The Balaban J connectivity index is 2.31. The van der Waals surface area contributed by atoms with Crippen LogP contribution in [0.3, 0.4) is 0 Å². The van der Waals surface area contributed by atoms with Gasteiger partial charge in [-0.05, 0) is 38.3 Å². The summed E-state index contributed by atoms with van der Waals surface area (Å²) in [6, 6.07) is 0. The van der Waals surface area contributed by atoms with Crippen molar-refractivity contribution in [3.63, 3.8) is 0 Å². The van der Waals surface area contributed by atoms with Gasteiger partial charge in [0.15, 0.2) is 0 Å². The number of carbonyl (C=O) groups excluding carboxylic acids is 2. The van der Waals surface area contributed by atoms with E-state index < -0.39 is 5.91 Å².